The molecule has 0 unspecified atom stereocenters. The van der Waals surface area contributed by atoms with E-state index in [1.165, 1.54) is 0 Å². The highest BCUT2D eigenvalue weighted by molar-refractivity contribution is 5.73. The molecule has 0 aliphatic rings. The van der Waals surface area contributed by atoms with Gasteiger partial charge in [-0.15, -0.1) is 0 Å². The van der Waals surface area contributed by atoms with Crippen molar-refractivity contribution in [1.82, 2.24) is 0 Å². The third-order valence-corrected chi connectivity index (χ3v) is 1.70. The molecule has 3 N–H and O–H groups in total. The molecule has 0 aromatic heterocycles. The third kappa shape index (κ3) is 5.85. The van der Waals surface area contributed by atoms with Gasteiger partial charge < -0.3 is 10.8 Å². The summed E-state index contributed by atoms with van der Waals surface area (Å²) < 4.78 is 0. The Morgan fingerprint density at radius 1 is 1.55 bits per heavy atom. The van der Waals surface area contributed by atoms with E-state index in [2.05, 4.69) is 0 Å². The van der Waals surface area contributed by atoms with E-state index in [0.717, 1.165) is 12.8 Å². The maximum Gasteiger partial charge on any atom is 0.217 e. The Bertz CT molecular complexity index is 132. The largest absolute Gasteiger partial charge is 0.396 e. The topological polar surface area (TPSA) is 63.3 Å². The van der Waals surface area contributed by atoms with Crippen LogP contribution in [0.3, 0.4) is 0 Å². The number of hydrogen-bond donors (Lipinski definition) is 2. The van der Waals surface area contributed by atoms with Crippen LogP contribution >= 0.6 is 0 Å². The van der Waals surface area contributed by atoms with E-state index < -0.39 is 0 Å². The molecule has 1 amide bonds. The van der Waals surface area contributed by atoms with Crippen LogP contribution in [0.4, 0.5) is 0 Å². The summed E-state index contributed by atoms with van der Waals surface area (Å²) >= 11 is 0. The Labute approximate surface area is 67.6 Å². The summed E-state index contributed by atoms with van der Waals surface area (Å²) in [6.07, 6.45) is 2.03. The third-order valence-electron chi connectivity index (χ3n) is 1.70. The van der Waals surface area contributed by atoms with E-state index in [0.29, 0.717) is 6.42 Å². The van der Waals surface area contributed by atoms with Gasteiger partial charge in [-0.1, -0.05) is 13.8 Å². The molecule has 0 atom stereocenters. The van der Waals surface area contributed by atoms with Gasteiger partial charge >= 0.3 is 0 Å². The van der Waals surface area contributed by atoms with Crippen molar-refractivity contribution < 1.29 is 9.90 Å². The van der Waals surface area contributed by atoms with Crippen LogP contribution in [0, 0.1) is 5.41 Å². The minimum absolute atomic E-state index is 0.0740. The van der Waals surface area contributed by atoms with E-state index in [1.54, 1.807) is 0 Å². The molecule has 0 fully saturated rings. The molecule has 0 heterocycles. The minimum atomic E-state index is -0.265. The molecule has 3 nitrogen and oxygen atoms in total. The molecule has 3 heteroatoms. The van der Waals surface area contributed by atoms with Crippen molar-refractivity contribution in [2.45, 2.75) is 33.1 Å². The predicted octanol–water partition coefficient (Wildman–Crippen LogP) is 0.660. The van der Waals surface area contributed by atoms with Crippen LogP contribution < -0.4 is 5.73 Å². The zero-order chi connectivity index (χ0) is 8.91. The highest BCUT2D eigenvalue weighted by Crippen LogP contribution is 2.21. The highest BCUT2D eigenvalue weighted by Gasteiger charge is 2.15. The van der Waals surface area contributed by atoms with Gasteiger partial charge in [0.05, 0.1) is 0 Å². The van der Waals surface area contributed by atoms with Gasteiger partial charge in [-0.3, -0.25) is 4.79 Å². The summed E-state index contributed by atoms with van der Waals surface area (Å²) in [6.45, 7) is 4.09. The van der Waals surface area contributed by atoms with E-state index in [4.69, 9.17) is 10.8 Å². The molecular formula is C8H17NO2. The first kappa shape index (κ1) is 10.4. The standard InChI is InChI=1S/C8H17NO2/c1-8(2,6-10)5-3-4-7(9)11/h10H,3-6H2,1-2H3,(H2,9,11). The summed E-state index contributed by atoms with van der Waals surface area (Å²) in [4.78, 5) is 10.3. The Kier molecular flexibility index (Phi) is 4.11. The van der Waals surface area contributed by atoms with E-state index >= 15 is 0 Å². The van der Waals surface area contributed by atoms with Crippen LogP contribution in [0.1, 0.15) is 33.1 Å². The van der Waals surface area contributed by atoms with E-state index in [9.17, 15) is 4.79 Å². The van der Waals surface area contributed by atoms with Crippen LogP contribution in [0.5, 0.6) is 0 Å². The number of carbonyl (C=O) groups excluding carboxylic acids is 1. The first-order chi connectivity index (χ1) is 4.98. The number of nitrogens with two attached hydrogens (primary N) is 1. The fourth-order valence-electron chi connectivity index (χ4n) is 0.820. The zero-order valence-electron chi connectivity index (χ0n) is 7.26. The fourth-order valence-corrected chi connectivity index (χ4v) is 0.820. The molecule has 0 aromatic carbocycles. The van der Waals surface area contributed by atoms with Crippen LogP contribution in [0.25, 0.3) is 0 Å². The van der Waals surface area contributed by atoms with E-state index in [1.807, 2.05) is 13.8 Å². The maximum atomic E-state index is 10.3. The fraction of sp³-hybridized carbons (Fsp3) is 0.875. The van der Waals surface area contributed by atoms with Crippen molar-refractivity contribution >= 4 is 5.91 Å². The van der Waals surface area contributed by atoms with Gasteiger partial charge in [-0.2, -0.15) is 0 Å². The first-order valence-electron chi connectivity index (χ1n) is 3.87. The molecule has 66 valence electrons. The monoisotopic (exact) mass is 159 g/mol. The van der Waals surface area contributed by atoms with Crippen molar-refractivity contribution in [2.24, 2.45) is 11.1 Å². The lowest BCUT2D eigenvalue weighted by Crippen LogP contribution is -2.18. The summed E-state index contributed by atoms with van der Waals surface area (Å²) in [7, 11) is 0. The van der Waals surface area contributed by atoms with Crippen molar-refractivity contribution in [3.63, 3.8) is 0 Å². The molecule has 0 rings (SSSR count). The van der Waals surface area contributed by atoms with Crippen LogP contribution in [-0.4, -0.2) is 17.6 Å². The molecule has 0 aliphatic heterocycles. The Morgan fingerprint density at radius 3 is 2.45 bits per heavy atom. The van der Waals surface area contributed by atoms with Gasteiger partial charge in [-0.05, 0) is 18.3 Å². The average Bonchev–Trinajstić information content (AvgIpc) is 1.87. The van der Waals surface area contributed by atoms with Crippen molar-refractivity contribution in [1.29, 1.82) is 0 Å². The number of primary amides is 1. The second kappa shape index (κ2) is 4.34. The molecule has 0 radical (unpaired) electrons. The smallest absolute Gasteiger partial charge is 0.217 e. The van der Waals surface area contributed by atoms with Crippen LogP contribution in [0.15, 0.2) is 0 Å². The molecule has 0 aromatic rings. The highest BCUT2D eigenvalue weighted by atomic mass is 16.3. The first-order valence-corrected chi connectivity index (χ1v) is 3.87. The maximum absolute atomic E-state index is 10.3. The molecule has 0 bridgehead atoms. The second-order valence-electron chi connectivity index (χ2n) is 3.64. The molecular weight excluding hydrogens is 142 g/mol. The minimum Gasteiger partial charge on any atom is -0.396 e. The Hall–Kier alpha value is -0.570. The number of rotatable bonds is 5. The van der Waals surface area contributed by atoms with Gasteiger partial charge in [0.1, 0.15) is 0 Å². The molecule has 11 heavy (non-hydrogen) atoms. The number of amides is 1. The van der Waals surface area contributed by atoms with Gasteiger partial charge in [0.25, 0.3) is 0 Å². The van der Waals surface area contributed by atoms with Crippen LogP contribution in [-0.2, 0) is 4.79 Å². The normalized spacial score (nSPS) is 11.5. The Balaban J connectivity index is 3.45. The van der Waals surface area contributed by atoms with Crippen molar-refractivity contribution in [2.75, 3.05) is 6.61 Å². The SMILES string of the molecule is CC(C)(CO)CCCC(N)=O. The lowest BCUT2D eigenvalue weighted by molar-refractivity contribution is -0.118. The van der Waals surface area contributed by atoms with Gasteiger partial charge in [-0.25, -0.2) is 0 Å². The molecule has 0 saturated carbocycles. The Morgan fingerprint density at radius 2 is 2.09 bits per heavy atom. The predicted molar refractivity (Wildman–Crippen MR) is 43.9 cm³/mol. The van der Waals surface area contributed by atoms with Gasteiger partial charge in [0, 0.05) is 13.0 Å². The summed E-state index contributed by atoms with van der Waals surface area (Å²) in [5.74, 6) is -0.265. The number of aliphatic hydroxyl groups excluding tert-OH is 1. The lowest BCUT2D eigenvalue weighted by Gasteiger charge is -2.20. The van der Waals surface area contributed by atoms with Gasteiger partial charge in [0.2, 0.25) is 5.91 Å². The molecule has 0 saturated heterocycles. The van der Waals surface area contributed by atoms with Crippen molar-refractivity contribution in [3.05, 3.63) is 0 Å². The van der Waals surface area contributed by atoms with E-state index in [-0.39, 0.29) is 17.9 Å². The summed E-state index contributed by atoms with van der Waals surface area (Å²) in [5.41, 5.74) is 4.89. The van der Waals surface area contributed by atoms with Crippen molar-refractivity contribution in [3.8, 4) is 0 Å². The van der Waals surface area contributed by atoms with Gasteiger partial charge in [0.15, 0.2) is 0 Å². The van der Waals surface area contributed by atoms with Crippen LogP contribution in [0.2, 0.25) is 0 Å². The quantitative estimate of drug-likeness (QED) is 0.619. The second-order valence-corrected chi connectivity index (χ2v) is 3.64. The average molecular weight is 159 g/mol. The number of aliphatic hydroxyl groups is 1. The lowest BCUT2D eigenvalue weighted by atomic mass is 9.88. The summed E-state index contributed by atoms with van der Waals surface area (Å²) in [6, 6.07) is 0. The zero-order valence-corrected chi connectivity index (χ0v) is 7.26. The number of hydrogen-bond acceptors (Lipinski definition) is 2. The summed E-state index contributed by atoms with van der Waals surface area (Å²) in [5, 5.41) is 8.84. The molecule has 0 aliphatic carbocycles. The number of carbonyl (C=O) groups is 1. The molecule has 0 spiro atoms.